The summed E-state index contributed by atoms with van der Waals surface area (Å²) in [6.07, 6.45) is 10.6. The Kier molecular flexibility index (Phi) is 19.3. The Balaban J connectivity index is 4.22. The van der Waals surface area contributed by atoms with Gasteiger partial charge in [-0.25, -0.2) is 9.59 Å². The van der Waals surface area contributed by atoms with E-state index in [0.29, 0.717) is 12.8 Å². The number of aliphatic carboxylic acids is 2. The van der Waals surface area contributed by atoms with Gasteiger partial charge in [-0.1, -0.05) is 86.8 Å². The maximum Gasteiger partial charge on any atom is 0.327 e. The third kappa shape index (κ3) is 17.2. The molecule has 0 aliphatic heterocycles. The molecule has 10 heteroatoms. The minimum absolute atomic E-state index is 0.110. The van der Waals surface area contributed by atoms with Crippen LogP contribution in [0.3, 0.4) is 0 Å². The number of unbranched alkanes of at least 4 members (excludes halogenated alkanes) is 8. The lowest BCUT2D eigenvalue weighted by Gasteiger charge is -2.16. The van der Waals surface area contributed by atoms with Crippen LogP contribution in [0.25, 0.3) is 0 Å². The predicted octanol–water partition coefficient (Wildman–Crippen LogP) is 4.23. The van der Waals surface area contributed by atoms with E-state index in [2.05, 4.69) is 24.5 Å². The van der Waals surface area contributed by atoms with E-state index >= 15 is 0 Å². The standard InChI is InChI=1S/C22H40N2O6S2/c1-3-5-7-9-11-13-19(25)23-17(21(27)28)15-31-32-16-18(22(29)30)24-20(26)14-12-10-8-6-4-2/h17-18H,3-16H2,1-2H3,(H,23,25)(H,24,26)(H,27,28)(H,29,30). The first-order chi connectivity index (χ1) is 15.3. The van der Waals surface area contributed by atoms with E-state index in [4.69, 9.17) is 0 Å². The second kappa shape index (κ2) is 20.2. The Hall–Kier alpha value is -1.42. The van der Waals surface area contributed by atoms with Gasteiger partial charge in [0, 0.05) is 24.3 Å². The molecule has 0 spiro atoms. The van der Waals surface area contributed by atoms with Crippen LogP contribution in [0.15, 0.2) is 0 Å². The molecule has 0 heterocycles. The SMILES string of the molecule is CCCCCCCC(=O)NC(CSSCC(NC(=O)CCCCCCC)C(=O)O)C(=O)O. The van der Waals surface area contributed by atoms with Crippen molar-refractivity contribution in [1.82, 2.24) is 10.6 Å². The highest BCUT2D eigenvalue weighted by atomic mass is 33.1. The van der Waals surface area contributed by atoms with Crippen molar-refractivity contribution in [3.05, 3.63) is 0 Å². The Morgan fingerprint density at radius 1 is 0.625 bits per heavy atom. The molecular weight excluding hydrogens is 452 g/mol. The third-order valence-corrected chi connectivity index (χ3v) is 7.26. The molecule has 8 nitrogen and oxygen atoms in total. The van der Waals surface area contributed by atoms with E-state index in [9.17, 15) is 29.4 Å². The van der Waals surface area contributed by atoms with E-state index < -0.39 is 24.0 Å². The summed E-state index contributed by atoms with van der Waals surface area (Å²) in [5.74, 6) is -2.59. The molecule has 0 bridgehead atoms. The minimum atomic E-state index is -1.12. The number of carboxylic acids is 2. The monoisotopic (exact) mass is 492 g/mol. The maximum absolute atomic E-state index is 12.0. The van der Waals surface area contributed by atoms with Gasteiger partial charge in [0.05, 0.1) is 0 Å². The van der Waals surface area contributed by atoms with E-state index in [1.165, 1.54) is 21.6 Å². The molecule has 2 unspecified atom stereocenters. The summed E-state index contributed by atoms with van der Waals surface area (Å²) in [6.45, 7) is 4.23. The number of hydrogen-bond donors (Lipinski definition) is 4. The van der Waals surface area contributed by atoms with Crippen LogP contribution in [0.2, 0.25) is 0 Å². The lowest BCUT2D eigenvalue weighted by molar-refractivity contribution is -0.141. The minimum Gasteiger partial charge on any atom is -0.480 e. The van der Waals surface area contributed by atoms with Crippen molar-refractivity contribution in [2.75, 3.05) is 11.5 Å². The van der Waals surface area contributed by atoms with E-state index in [1.807, 2.05) is 0 Å². The lowest BCUT2D eigenvalue weighted by atomic mass is 10.1. The second-order valence-corrected chi connectivity index (χ2v) is 10.4. The summed E-state index contributed by atoms with van der Waals surface area (Å²) in [5, 5.41) is 23.7. The molecule has 0 aromatic rings. The molecule has 0 saturated carbocycles. The van der Waals surface area contributed by atoms with Gasteiger partial charge >= 0.3 is 11.9 Å². The van der Waals surface area contributed by atoms with E-state index in [-0.39, 0.29) is 23.3 Å². The number of nitrogens with one attached hydrogen (secondary N) is 2. The molecule has 0 rings (SSSR count). The Labute approximate surface area is 199 Å². The highest BCUT2D eigenvalue weighted by molar-refractivity contribution is 8.76. The molecule has 0 aliphatic rings. The summed E-state index contributed by atoms with van der Waals surface area (Å²) in [7, 11) is 2.35. The summed E-state index contributed by atoms with van der Waals surface area (Å²) >= 11 is 0. The van der Waals surface area contributed by atoms with Crippen molar-refractivity contribution in [3.63, 3.8) is 0 Å². The van der Waals surface area contributed by atoms with Crippen molar-refractivity contribution in [2.24, 2.45) is 0 Å². The van der Waals surface area contributed by atoms with Crippen LogP contribution in [-0.4, -0.2) is 57.6 Å². The molecule has 0 radical (unpaired) electrons. The fourth-order valence-electron chi connectivity index (χ4n) is 2.89. The van der Waals surface area contributed by atoms with E-state index in [0.717, 1.165) is 64.2 Å². The third-order valence-electron chi connectivity index (χ3n) is 4.83. The summed E-state index contributed by atoms with van der Waals surface area (Å²) in [4.78, 5) is 46.8. The summed E-state index contributed by atoms with van der Waals surface area (Å²) < 4.78 is 0. The number of amides is 2. The first kappa shape index (κ1) is 30.6. The number of carboxylic acid groups (broad SMARTS) is 2. The van der Waals surface area contributed by atoms with Crippen molar-refractivity contribution < 1.29 is 29.4 Å². The highest BCUT2D eigenvalue weighted by Crippen LogP contribution is 2.23. The molecule has 0 aromatic heterocycles. The summed E-state index contributed by atoms with van der Waals surface area (Å²) in [6, 6.07) is -2.06. The molecule has 0 aliphatic carbocycles. The Bertz CT molecular complexity index is 515. The Morgan fingerprint density at radius 3 is 1.28 bits per heavy atom. The quantitative estimate of drug-likeness (QED) is 0.138. The largest absolute Gasteiger partial charge is 0.480 e. The van der Waals surface area contributed by atoms with Crippen LogP contribution < -0.4 is 10.6 Å². The first-order valence-corrected chi connectivity index (χ1v) is 14.1. The average molecular weight is 493 g/mol. The lowest BCUT2D eigenvalue weighted by Crippen LogP contribution is -2.43. The van der Waals surface area contributed by atoms with Gasteiger partial charge in [-0.05, 0) is 12.8 Å². The molecule has 4 N–H and O–H groups in total. The van der Waals surface area contributed by atoms with Crippen LogP contribution in [0, 0.1) is 0 Å². The van der Waals surface area contributed by atoms with Gasteiger partial charge in [-0.3, -0.25) is 9.59 Å². The molecule has 186 valence electrons. The zero-order valence-corrected chi connectivity index (χ0v) is 21.0. The van der Waals surface area contributed by atoms with Gasteiger partial charge in [0.25, 0.3) is 0 Å². The van der Waals surface area contributed by atoms with Gasteiger partial charge in [0.15, 0.2) is 0 Å². The molecular formula is C22H40N2O6S2. The predicted molar refractivity (Wildman–Crippen MR) is 131 cm³/mol. The average Bonchev–Trinajstić information content (AvgIpc) is 2.74. The van der Waals surface area contributed by atoms with Crippen molar-refractivity contribution in [1.29, 1.82) is 0 Å². The van der Waals surface area contributed by atoms with Crippen LogP contribution in [0.1, 0.15) is 90.9 Å². The van der Waals surface area contributed by atoms with Crippen LogP contribution in [-0.2, 0) is 19.2 Å². The molecule has 0 fully saturated rings. The normalized spacial score (nSPS) is 12.7. The van der Waals surface area contributed by atoms with Crippen LogP contribution in [0.4, 0.5) is 0 Å². The van der Waals surface area contributed by atoms with Gasteiger partial charge in [0.2, 0.25) is 11.8 Å². The fraction of sp³-hybridized carbons (Fsp3) is 0.818. The van der Waals surface area contributed by atoms with Crippen molar-refractivity contribution in [3.8, 4) is 0 Å². The fourth-order valence-corrected chi connectivity index (χ4v) is 5.20. The molecule has 0 saturated heterocycles. The van der Waals surface area contributed by atoms with E-state index in [1.54, 1.807) is 0 Å². The second-order valence-electron chi connectivity index (χ2n) is 7.81. The molecule has 32 heavy (non-hydrogen) atoms. The first-order valence-electron chi connectivity index (χ1n) is 11.6. The van der Waals surface area contributed by atoms with Gasteiger partial charge in [0.1, 0.15) is 12.1 Å². The van der Waals surface area contributed by atoms with Crippen LogP contribution in [0.5, 0.6) is 0 Å². The topological polar surface area (TPSA) is 133 Å². The van der Waals surface area contributed by atoms with Crippen molar-refractivity contribution >= 4 is 45.3 Å². The molecule has 2 amide bonds. The molecule has 2 atom stereocenters. The summed E-state index contributed by atoms with van der Waals surface area (Å²) in [5.41, 5.74) is 0. The Morgan fingerprint density at radius 2 is 0.969 bits per heavy atom. The maximum atomic E-state index is 12.0. The number of carbonyl (C=O) groups excluding carboxylic acids is 2. The van der Waals surface area contributed by atoms with Gasteiger partial charge < -0.3 is 20.8 Å². The zero-order chi connectivity index (χ0) is 24.2. The van der Waals surface area contributed by atoms with Gasteiger partial charge in [-0.2, -0.15) is 0 Å². The van der Waals surface area contributed by atoms with Crippen LogP contribution >= 0.6 is 21.6 Å². The van der Waals surface area contributed by atoms with Gasteiger partial charge in [-0.15, -0.1) is 0 Å². The highest BCUT2D eigenvalue weighted by Gasteiger charge is 2.22. The smallest absolute Gasteiger partial charge is 0.327 e. The molecule has 0 aromatic carbocycles. The number of hydrogen-bond acceptors (Lipinski definition) is 6. The number of carbonyl (C=O) groups is 4. The van der Waals surface area contributed by atoms with Crippen molar-refractivity contribution in [2.45, 2.75) is 103 Å². The number of rotatable bonds is 21. The zero-order valence-electron chi connectivity index (χ0n) is 19.4.